The summed E-state index contributed by atoms with van der Waals surface area (Å²) in [5.41, 5.74) is 1.56. The van der Waals surface area contributed by atoms with E-state index in [1.165, 1.54) is 6.92 Å². The maximum atomic E-state index is 12.8. The number of carbonyl (C=O) groups is 1. The molecule has 0 amide bonds. The van der Waals surface area contributed by atoms with Crippen LogP contribution in [0.4, 0.5) is 0 Å². The highest BCUT2D eigenvalue weighted by molar-refractivity contribution is 6.33. The lowest BCUT2D eigenvalue weighted by Crippen LogP contribution is -2.51. The Bertz CT molecular complexity index is 1060. The van der Waals surface area contributed by atoms with Crippen LogP contribution in [-0.4, -0.2) is 43.4 Å². The van der Waals surface area contributed by atoms with Crippen molar-refractivity contribution in [3.63, 3.8) is 0 Å². The van der Waals surface area contributed by atoms with Crippen molar-refractivity contribution in [1.82, 2.24) is 4.68 Å². The summed E-state index contributed by atoms with van der Waals surface area (Å²) in [4.78, 5) is 24.9. The lowest BCUT2D eigenvalue weighted by atomic mass is 9.96. The molecule has 2 heterocycles. The maximum absolute atomic E-state index is 12.8. The molecule has 0 radical (unpaired) electrons. The fourth-order valence-corrected chi connectivity index (χ4v) is 3.95. The van der Waals surface area contributed by atoms with Gasteiger partial charge in [-0.05, 0) is 45.4 Å². The van der Waals surface area contributed by atoms with Gasteiger partial charge in [-0.2, -0.15) is 0 Å². The zero-order valence-corrected chi connectivity index (χ0v) is 19.6. The van der Waals surface area contributed by atoms with Crippen molar-refractivity contribution in [3.05, 3.63) is 44.7 Å². The Labute approximate surface area is 187 Å². The zero-order chi connectivity index (χ0) is 22.9. The summed E-state index contributed by atoms with van der Waals surface area (Å²) < 4.78 is 18.4. The number of rotatable bonds is 7. The zero-order valence-electron chi connectivity index (χ0n) is 18.9. The number of methoxy groups -OCH3 is 2. The first-order valence-corrected chi connectivity index (χ1v) is 10.5. The number of hydrogen-bond acceptors (Lipinski definition) is 6. The number of carbonyl (C=O) groups excluding carboxylic acids is 1. The van der Waals surface area contributed by atoms with Gasteiger partial charge in [0, 0.05) is 37.4 Å². The second-order valence-electron chi connectivity index (χ2n) is 8.52. The number of pyridine rings is 1. The third kappa shape index (κ3) is 4.43. The fourth-order valence-electron chi connectivity index (χ4n) is 3.66. The number of ether oxygens (including phenoxy) is 3. The average Bonchev–Trinajstić information content (AvgIpc) is 2.71. The van der Waals surface area contributed by atoms with E-state index in [-0.39, 0.29) is 21.9 Å². The SMILES string of the molecule is COCCCOc1cc2c(cc1OC)-c1c(Cl)c(=O)c(C(C)=O)cn1N(C(C)(C)C)C2. The van der Waals surface area contributed by atoms with Crippen LogP contribution >= 0.6 is 11.6 Å². The lowest BCUT2D eigenvalue weighted by Gasteiger charge is -2.44. The highest BCUT2D eigenvalue weighted by Gasteiger charge is 2.33. The Hall–Kier alpha value is -2.51. The fraction of sp³-hybridized carbons (Fsp3) is 0.478. The van der Waals surface area contributed by atoms with E-state index < -0.39 is 5.43 Å². The van der Waals surface area contributed by atoms with Crippen LogP contribution < -0.4 is 19.9 Å². The Morgan fingerprint density at radius 3 is 2.45 bits per heavy atom. The summed E-state index contributed by atoms with van der Waals surface area (Å²) in [6, 6.07) is 3.77. The van der Waals surface area contributed by atoms with Crippen molar-refractivity contribution in [2.45, 2.75) is 46.2 Å². The van der Waals surface area contributed by atoms with E-state index in [9.17, 15) is 9.59 Å². The third-order valence-corrected chi connectivity index (χ3v) is 5.61. The molecule has 0 unspecified atom stereocenters. The van der Waals surface area contributed by atoms with Gasteiger partial charge in [0.15, 0.2) is 17.3 Å². The van der Waals surface area contributed by atoms with Crippen LogP contribution in [0.15, 0.2) is 23.1 Å². The molecular formula is C23H29ClN2O5. The van der Waals surface area contributed by atoms with Gasteiger partial charge >= 0.3 is 0 Å². The molecular weight excluding hydrogens is 420 g/mol. The molecule has 0 saturated heterocycles. The smallest absolute Gasteiger partial charge is 0.211 e. The summed E-state index contributed by atoms with van der Waals surface area (Å²) in [5.74, 6) is 0.851. The van der Waals surface area contributed by atoms with Crippen molar-refractivity contribution in [2.75, 3.05) is 32.4 Å². The van der Waals surface area contributed by atoms with E-state index >= 15 is 0 Å². The standard InChI is InChI=1S/C23H29ClN2O5/c1-14(27)17-13-25-21(20(24)22(17)28)16-11-18(30-6)19(31-9-7-8-29-5)10-15(16)12-26(25)23(2,3)4/h10-11,13H,7-9,12H2,1-6H3. The van der Waals surface area contributed by atoms with Gasteiger partial charge < -0.3 is 19.2 Å². The number of fused-ring (bicyclic) bond motifs is 3. The Kier molecular flexibility index (Phi) is 6.67. The second kappa shape index (κ2) is 8.93. The first kappa shape index (κ1) is 23.2. The van der Waals surface area contributed by atoms with E-state index in [0.29, 0.717) is 37.0 Å². The maximum Gasteiger partial charge on any atom is 0.211 e. The molecule has 7 nitrogen and oxygen atoms in total. The van der Waals surface area contributed by atoms with Gasteiger partial charge in [-0.1, -0.05) is 11.6 Å². The van der Waals surface area contributed by atoms with Gasteiger partial charge in [0.05, 0.1) is 31.5 Å². The van der Waals surface area contributed by atoms with Gasteiger partial charge in [-0.3, -0.25) is 14.3 Å². The van der Waals surface area contributed by atoms with Crippen LogP contribution in [0.25, 0.3) is 11.3 Å². The molecule has 1 aliphatic heterocycles. The van der Waals surface area contributed by atoms with Crippen LogP contribution in [0, 0.1) is 0 Å². The summed E-state index contributed by atoms with van der Waals surface area (Å²) >= 11 is 6.56. The second-order valence-corrected chi connectivity index (χ2v) is 8.90. The molecule has 168 valence electrons. The Morgan fingerprint density at radius 1 is 1.16 bits per heavy atom. The molecule has 0 atom stereocenters. The van der Waals surface area contributed by atoms with Crippen LogP contribution in [-0.2, 0) is 11.3 Å². The third-order valence-electron chi connectivity index (χ3n) is 5.26. The molecule has 3 rings (SSSR count). The molecule has 2 aromatic rings. The number of hydrogen-bond donors (Lipinski definition) is 0. The number of aromatic nitrogens is 1. The summed E-state index contributed by atoms with van der Waals surface area (Å²) in [6.45, 7) is 9.20. The average molecular weight is 449 g/mol. The number of ketones is 1. The van der Waals surface area contributed by atoms with Gasteiger partial charge in [0.25, 0.3) is 0 Å². The molecule has 0 saturated carbocycles. The van der Waals surface area contributed by atoms with Gasteiger partial charge in [0.1, 0.15) is 5.02 Å². The number of nitrogens with zero attached hydrogens (tertiary/aromatic N) is 2. The molecule has 31 heavy (non-hydrogen) atoms. The van der Waals surface area contributed by atoms with Crippen molar-refractivity contribution in [2.24, 2.45) is 0 Å². The van der Waals surface area contributed by atoms with Crippen molar-refractivity contribution in [1.29, 1.82) is 0 Å². The van der Waals surface area contributed by atoms with Crippen molar-refractivity contribution < 1.29 is 19.0 Å². The van der Waals surface area contributed by atoms with Gasteiger partial charge in [-0.25, -0.2) is 0 Å². The summed E-state index contributed by atoms with van der Waals surface area (Å²) in [7, 11) is 3.22. The normalized spacial score (nSPS) is 12.9. The lowest BCUT2D eigenvalue weighted by molar-refractivity contribution is 0.101. The van der Waals surface area contributed by atoms with Crippen LogP contribution in [0.2, 0.25) is 5.02 Å². The van der Waals surface area contributed by atoms with E-state index in [1.807, 2.05) is 16.8 Å². The van der Waals surface area contributed by atoms with Crippen LogP contribution in [0.3, 0.4) is 0 Å². The van der Waals surface area contributed by atoms with Crippen molar-refractivity contribution in [3.8, 4) is 22.8 Å². The number of Topliss-reactive ketones (excluding diaryl/α,β-unsaturated/α-hetero) is 1. The number of halogens is 1. The highest BCUT2D eigenvalue weighted by atomic mass is 35.5. The Balaban J connectivity index is 2.21. The Morgan fingerprint density at radius 2 is 1.87 bits per heavy atom. The number of benzene rings is 1. The molecule has 0 aliphatic carbocycles. The minimum atomic E-state index is -0.471. The first-order chi connectivity index (χ1) is 14.6. The molecule has 1 aromatic heterocycles. The largest absolute Gasteiger partial charge is 0.493 e. The first-order valence-electron chi connectivity index (χ1n) is 10.2. The van der Waals surface area contributed by atoms with Crippen LogP contribution in [0.1, 0.15) is 50.0 Å². The molecule has 8 heteroatoms. The topological polar surface area (TPSA) is 70.0 Å². The molecule has 0 N–H and O–H groups in total. The molecule has 0 fully saturated rings. The van der Waals surface area contributed by atoms with Crippen LogP contribution in [0.5, 0.6) is 11.5 Å². The van der Waals surface area contributed by atoms with Gasteiger partial charge in [-0.15, -0.1) is 0 Å². The minimum Gasteiger partial charge on any atom is -0.493 e. The molecule has 0 spiro atoms. The van der Waals surface area contributed by atoms with E-state index in [2.05, 4.69) is 25.8 Å². The molecule has 0 bridgehead atoms. The quantitative estimate of drug-likeness (QED) is 0.470. The molecule has 1 aromatic carbocycles. The van der Waals surface area contributed by atoms with E-state index in [1.54, 1.807) is 20.4 Å². The summed E-state index contributed by atoms with van der Waals surface area (Å²) in [5, 5.41) is 2.09. The van der Waals surface area contributed by atoms with Gasteiger partial charge in [0.2, 0.25) is 5.43 Å². The molecule has 1 aliphatic rings. The highest BCUT2D eigenvalue weighted by Crippen LogP contribution is 2.42. The van der Waals surface area contributed by atoms with E-state index in [4.69, 9.17) is 25.8 Å². The van der Waals surface area contributed by atoms with Crippen molar-refractivity contribution >= 4 is 17.4 Å². The minimum absolute atomic E-state index is 0.0127. The monoisotopic (exact) mass is 448 g/mol. The summed E-state index contributed by atoms with van der Waals surface area (Å²) in [6.07, 6.45) is 2.34. The van der Waals surface area contributed by atoms with E-state index in [0.717, 1.165) is 17.5 Å². The predicted octanol–water partition coefficient (Wildman–Crippen LogP) is 4.05. The predicted molar refractivity (Wildman–Crippen MR) is 121 cm³/mol.